The van der Waals surface area contributed by atoms with Crippen LogP contribution in [0.25, 0.3) is 0 Å². The zero-order valence-electron chi connectivity index (χ0n) is 12.0. The Labute approximate surface area is 120 Å². The number of benzene rings is 2. The van der Waals surface area contributed by atoms with E-state index < -0.39 is 0 Å². The topological polar surface area (TPSA) is 34.0 Å². The Morgan fingerprint density at radius 3 is 1.90 bits per heavy atom. The van der Waals surface area contributed by atoms with Gasteiger partial charge in [-0.3, -0.25) is 0 Å². The fourth-order valence-corrected chi connectivity index (χ4v) is 1.87. The average molecular weight is 268 g/mol. The van der Waals surface area contributed by atoms with Gasteiger partial charge >= 0.3 is 0 Å². The first-order valence-electron chi connectivity index (χ1n) is 6.96. The van der Waals surface area contributed by atoms with Gasteiger partial charge in [0.2, 0.25) is 0 Å². The number of azo groups is 1. The molecule has 2 rings (SSSR count). The van der Waals surface area contributed by atoms with E-state index in [1.807, 2.05) is 36.4 Å². The molecule has 0 unspecified atom stereocenters. The van der Waals surface area contributed by atoms with E-state index in [2.05, 4.69) is 29.3 Å². The fourth-order valence-electron chi connectivity index (χ4n) is 1.87. The molecule has 0 fully saturated rings. The van der Waals surface area contributed by atoms with E-state index >= 15 is 0 Å². The number of hydrogen-bond donors (Lipinski definition) is 0. The van der Waals surface area contributed by atoms with Crippen LogP contribution < -0.4 is 4.74 Å². The van der Waals surface area contributed by atoms with Crippen molar-refractivity contribution >= 4 is 11.4 Å². The molecule has 20 heavy (non-hydrogen) atoms. The molecule has 0 amide bonds. The quantitative estimate of drug-likeness (QED) is 0.641. The highest BCUT2D eigenvalue weighted by Crippen LogP contribution is 2.21. The van der Waals surface area contributed by atoms with Crippen molar-refractivity contribution < 1.29 is 4.74 Å². The number of nitrogens with zero attached hydrogens (tertiary/aromatic N) is 2. The SMILES string of the molecule is CCCCc1ccc(N=Nc2ccc(OC)cc2)cc1. The molecule has 104 valence electrons. The van der Waals surface area contributed by atoms with Gasteiger partial charge in [0.15, 0.2) is 0 Å². The lowest BCUT2D eigenvalue weighted by Gasteiger charge is -2.00. The molecule has 0 aliphatic carbocycles. The third kappa shape index (κ3) is 4.19. The van der Waals surface area contributed by atoms with Crippen LogP contribution in [-0.4, -0.2) is 7.11 Å². The highest BCUT2D eigenvalue weighted by molar-refractivity contribution is 5.43. The van der Waals surface area contributed by atoms with E-state index in [0.717, 1.165) is 23.5 Å². The summed E-state index contributed by atoms with van der Waals surface area (Å²) in [5, 5.41) is 8.45. The summed E-state index contributed by atoms with van der Waals surface area (Å²) in [7, 11) is 1.65. The summed E-state index contributed by atoms with van der Waals surface area (Å²) in [4.78, 5) is 0. The number of hydrogen-bond acceptors (Lipinski definition) is 3. The first-order valence-corrected chi connectivity index (χ1v) is 6.96. The second-order valence-electron chi connectivity index (χ2n) is 4.67. The van der Waals surface area contributed by atoms with Crippen molar-refractivity contribution in [3.63, 3.8) is 0 Å². The van der Waals surface area contributed by atoms with Crippen molar-refractivity contribution in [1.29, 1.82) is 0 Å². The monoisotopic (exact) mass is 268 g/mol. The highest BCUT2D eigenvalue weighted by atomic mass is 16.5. The van der Waals surface area contributed by atoms with E-state index in [4.69, 9.17) is 4.74 Å². The summed E-state index contributed by atoms with van der Waals surface area (Å²) < 4.78 is 5.11. The van der Waals surface area contributed by atoms with Crippen molar-refractivity contribution in [2.45, 2.75) is 26.2 Å². The molecule has 0 atom stereocenters. The number of aryl methyl sites for hydroxylation is 1. The van der Waals surface area contributed by atoms with Crippen LogP contribution in [0.15, 0.2) is 58.8 Å². The van der Waals surface area contributed by atoms with E-state index in [1.54, 1.807) is 7.11 Å². The Bertz CT molecular complexity index is 544. The van der Waals surface area contributed by atoms with Gasteiger partial charge in [-0.1, -0.05) is 25.5 Å². The van der Waals surface area contributed by atoms with Crippen LogP contribution in [0.5, 0.6) is 5.75 Å². The molecular formula is C17H20N2O. The largest absolute Gasteiger partial charge is 0.497 e. The lowest BCUT2D eigenvalue weighted by molar-refractivity contribution is 0.415. The van der Waals surface area contributed by atoms with Gasteiger partial charge in [-0.05, 0) is 54.8 Å². The predicted molar refractivity (Wildman–Crippen MR) is 82.2 cm³/mol. The van der Waals surface area contributed by atoms with E-state index in [0.29, 0.717) is 0 Å². The molecule has 0 spiro atoms. The van der Waals surface area contributed by atoms with Crippen LogP contribution >= 0.6 is 0 Å². The minimum Gasteiger partial charge on any atom is -0.497 e. The number of unbranched alkanes of at least 4 members (excludes halogenated alkanes) is 1. The van der Waals surface area contributed by atoms with Crippen LogP contribution in [0.3, 0.4) is 0 Å². The summed E-state index contributed by atoms with van der Waals surface area (Å²) in [6, 6.07) is 15.8. The van der Waals surface area contributed by atoms with Crippen molar-refractivity contribution in [2.75, 3.05) is 7.11 Å². The zero-order chi connectivity index (χ0) is 14.2. The Morgan fingerprint density at radius 2 is 1.40 bits per heavy atom. The van der Waals surface area contributed by atoms with Crippen LogP contribution in [0, 0.1) is 0 Å². The zero-order valence-corrected chi connectivity index (χ0v) is 12.0. The molecule has 0 aromatic heterocycles. The van der Waals surface area contributed by atoms with Crippen LogP contribution in [0.2, 0.25) is 0 Å². The Balaban J connectivity index is 1.99. The molecule has 0 aliphatic heterocycles. The molecule has 3 heteroatoms. The molecule has 0 bridgehead atoms. The summed E-state index contributed by atoms with van der Waals surface area (Å²) in [5.74, 6) is 0.823. The summed E-state index contributed by atoms with van der Waals surface area (Å²) >= 11 is 0. The van der Waals surface area contributed by atoms with Gasteiger partial charge in [0, 0.05) is 0 Å². The van der Waals surface area contributed by atoms with Crippen LogP contribution in [0.1, 0.15) is 25.3 Å². The van der Waals surface area contributed by atoms with E-state index in [9.17, 15) is 0 Å². The minimum absolute atomic E-state index is 0.820. The Kier molecular flexibility index (Phi) is 5.30. The molecule has 0 saturated heterocycles. The lowest BCUT2D eigenvalue weighted by atomic mass is 10.1. The molecule has 0 aliphatic rings. The van der Waals surface area contributed by atoms with Gasteiger partial charge in [0.05, 0.1) is 18.5 Å². The minimum atomic E-state index is 0.820. The normalized spacial score (nSPS) is 10.9. The van der Waals surface area contributed by atoms with Crippen LogP contribution in [-0.2, 0) is 6.42 Å². The lowest BCUT2D eigenvalue weighted by Crippen LogP contribution is -1.82. The molecule has 0 heterocycles. The van der Waals surface area contributed by atoms with Crippen LogP contribution in [0.4, 0.5) is 11.4 Å². The van der Waals surface area contributed by atoms with Crippen molar-refractivity contribution in [3.8, 4) is 5.75 Å². The molecule has 2 aromatic carbocycles. The molecule has 0 N–H and O–H groups in total. The first kappa shape index (κ1) is 14.3. The van der Waals surface area contributed by atoms with Crippen molar-refractivity contribution in [2.24, 2.45) is 10.2 Å². The fraction of sp³-hybridized carbons (Fsp3) is 0.294. The second-order valence-corrected chi connectivity index (χ2v) is 4.67. The van der Waals surface area contributed by atoms with Gasteiger partial charge in [-0.25, -0.2) is 0 Å². The molecule has 0 radical (unpaired) electrons. The van der Waals surface area contributed by atoms with Gasteiger partial charge in [-0.2, -0.15) is 10.2 Å². The number of rotatable bonds is 6. The third-order valence-corrected chi connectivity index (χ3v) is 3.11. The highest BCUT2D eigenvalue weighted by Gasteiger charge is 1.95. The maximum absolute atomic E-state index is 5.11. The van der Waals surface area contributed by atoms with Gasteiger partial charge in [-0.15, -0.1) is 0 Å². The summed E-state index contributed by atoms with van der Waals surface area (Å²) in [6.45, 7) is 2.21. The maximum Gasteiger partial charge on any atom is 0.119 e. The van der Waals surface area contributed by atoms with Gasteiger partial charge in [0.1, 0.15) is 5.75 Å². The molecule has 0 saturated carbocycles. The van der Waals surface area contributed by atoms with Gasteiger partial charge in [0.25, 0.3) is 0 Å². The smallest absolute Gasteiger partial charge is 0.119 e. The summed E-state index contributed by atoms with van der Waals surface area (Å²) in [6.07, 6.45) is 3.58. The number of methoxy groups -OCH3 is 1. The molecule has 2 aromatic rings. The maximum atomic E-state index is 5.11. The Morgan fingerprint density at radius 1 is 0.850 bits per heavy atom. The summed E-state index contributed by atoms with van der Waals surface area (Å²) in [5.41, 5.74) is 3.05. The standard InChI is InChI=1S/C17H20N2O/c1-3-4-5-14-6-8-15(9-7-14)18-19-16-10-12-17(20-2)13-11-16/h6-13H,3-5H2,1-2H3. The van der Waals surface area contributed by atoms with Crippen molar-refractivity contribution in [1.82, 2.24) is 0 Å². The third-order valence-electron chi connectivity index (χ3n) is 3.11. The Hall–Kier alpha value is -2.16. The van der Waals surface area contributed by atoms with E-state index in [-0.39, 0.29) is 0 Å². The average Bonchev–Trinajstić information content (AvgIpc) is 2.52. The number of ether oxygens (including phenoxy) is 1. The molecule has 3 nitrogen and oxygen atoms in total. The van der Waals surface area contributed by atoms with E-state index in [1.165, 1.54) is 18.4 Å². The van der Waals surface area contributed by atoms with Gasteiger partial charge < -0.3 is 4.74 Å². The molecular weight excluding hydrogens is 248 g/mol. The van der Waals surface area contributed by atoms with Crippen molar-refractivity contribution in [3.05, 3.63) is 54.1 Å². The predicted octanol–water partition coefficient (Wildman–Crippen LogP) is 5.45. The first-order chi connectivity index (χ1) is 9.81. The second kappa shape index (κ2) is 7.43.